The minimum Gasteiger partial charge on any atom is -0.490 e. The van der Waals surface area contributed by atoms with Gasteiger partial charge in [-0.1, -0.05) is 0 Å². The number of carbonyl (C=O) groups is 1. The lowest BCUT2D eigenvalue weighted by Gasteiger charge is -2.04. The van der Waals surface area contributed by atoms with Crippen molar-refractivity contribution in [1.82, 2.24) is 0 Å². The summed E-state index contributed by atoms with van der Waals surface area (Å²) in [5.41, 5.74) is 0.315. The molecule has 0 amide bonds. The van der Waals surface area contributed by atoms with Gasteiger partial charge in [0.05, 0.1) is 6.10 Å². The number of halogens is 1. The second kappa shape index (κ2) is 3.17. The van der Waals surface area contributed by atoms with Crippen molar-refractivity contribution in [2.24, 2.45) is 0 Å². The van der Waals surface area contributed by atoms with Crippen molar-refractivity contribution in [2.45, 2.75) is 18.9 Å². The minimum absolute atomic E-state index is 0.223. The van der Waals surface area contributed by atoms with Gasteiger partial charge in [0.1, 0.15) is 17.9 Å². The molecule has 1 aromatic carbocycles. The van der Waals surface area contributed by atoms with E-state index in [2.05, 4.69) is 0 Å². The number of benzene rings is 1. The Morgan fingerprint density at radius 1 is 1.38 bits per heavy atom. The predicted octanol–water partition coefficient (Wildman–Crippen LogP) is 2.18. The molecule has 1 aliphatic carbocycles. The van der Waals surface area contributed by atoms with Crippen LogP contribution >= 0.6 is 0 Å². The Hall–Kier alpha value is -1.38. The van der Waals surface area contributed by atoms with Crippen molar-refractivity contribution in [2.75, 3.05) is 0 Å². The van der Waals surface area contributed by atoms with Crippen LogP contribution in [0.3, 0.4) is 0 Å². The molecule has 0 spiro atoms. The van der Waals surface area contributed by atoms with E-state index in [1.54, 1.807) is 6.07 Å². The molecule has 13 heavy (non-hydrogen) atoms. The summed E-state index contributed by atoms with van der Waals surface area (Å²) in [5, 5.41) is 0. The van der Waals surface area contributed by atoms with Crippen molar-refractivity contribution >= 4 is 6.29 Å². The van der Waals surface area contributed by atoms with E-state index in [9.17, 15) is 9.18 Å². The summed E-state index contributed by atoms with van der Waals surface area (Å²) in [5.74, 6) is 0.0184. The maximum Gasteiger partial charge on any atom is 0.150 e. The lowest BCUT2D eigenvalue weighted by atomic mass is 10.2. The zero-order chi connectivity index (χ0) is 9.26. The monoisotopic (exact) mass is 180 g/mol. The fourth-order valence-corrected chi connectivity index (χ4v) is 1.10. The quantitative estimate of drug-likeness (QED) is 0.666. The average Bonchev–Trinajstić information content (AvgIpc) is 2.87. The van der Waals surface area contributed by atoms with Gasteiger partial charge in [0.15, 0.2) is 0 Å². The van der Waals surface area contributed by atoms with Crippen LogP contribution in [0, 0.1) is 5.82 Å². The van der Waals surface area contributed by atoms with Crippen molar-refractivity contribution < 1.29 is 13.9 Å². The van der Waals surface area contributed by atoms with Gasteiger partial charge in [0, 0.05) is 11.6 Å². The zero-order valence-corrected chi connectivity index (χ0v) is 7.00. The highest BCUT2D eigenvalue weighted by atomic mass is 19.1. The second-order valence-corrected chi connectivity index (χ2v) is 3.16. The SMILES string of the molecule is O=Cc1cc(F)cc(OC2CC2)c1. The molecule has 0 bridgehead atoms. The van der Waals surface area contributed by atoms with Gasteiger partial charge >= 0.3 is 0 Å². The summed E-state index contributed by atoms with van der Waals surface area (Å²) in [4.78, 5) is 10.4. The fourth-order valence-electron chi connectivity index (χ4n) is 1.10. The molecular formula is C10H9FO2. The summed E-state index contributed by atoms with van der Waals surface area (Å²) < 4.78 is 18.2. The molecular weight excluding hydrogens is 171 g/mol. The van der Waals surface area contributed by atoms with Crippen LogP contribution in [0.4, 0.5) is 4.39 Å². The average molecular weight is 180 g/mol. The van der Waals surface area contributed by atoms with Gasteiger partial charge in [-0.2, -0.15) is 0 Å². The summed E-state index contributed by atoms with van der Waals surface area (Å²) in [6.45, 7) is 0. The molecule has 2 nitrogen and oxygen atoms in total. The van der Waals surface area contributed by atoms with Crippen LogP contribution in [-0.2, 0) is 0 Å². The third-order valence-corrected chi connectivity index (χ3v) is 1.86. The summed E-state index contributed by atoms with van der Waals surface area (Å²) in [6, 6.07) is 4.03. The van der Waals surface area contributed by atoms with Gasteiger partial charge in [-0.05, 0) is 25.0 Å². The lowest BCUT2D eigenvalue weighted by molar-refractivity contribution is 0.112. The van der Waals surface area contributed by atoms with Crippen LogP contribution < -0.4 is 4.74 Å². The van der Waals surface area contributed by atoms with Crippen LogP contribution in [0.15, 0.2) is 18.2 Å². The highest BCUT2D eigenvalue weighted by Gasteiger charge is 2.23. The molecule has 0 saturated heterocycles. The Balaban J connectivity index is 2.22. The van der Waals surface area contributed by atoms with Gasteiger partial charge < -0.3 is 4.74 Å². The molecule has 68 valence electrons. The largest absolute Gasteiger partial charge is 0.490 e. The van der Waals surface area contributed by atoms with Crippen molar-refractivity contribution in [3.63, 3.8) is 0 Å². The molecule has 0 unspecified atom stereocenters. The van der Waals surface area contributed by atoms with Crippen molar-refractivity contribution in [3.8, 4) is 5.75 Å². The van der Waals surface area contributed by atoms with Gasteiger partial charge in [-0.25, -0.2) is 4.39 Å². The zero-order valence-electron chi connectivity index (χ0n) is 7.00. The lowest BCUT2D eigenvalue weighted by Crippen LogP contribution is -1.97. The number of carbonyl (C=O) groups excluding carboxylic acids is 1. The van der Waals surface area contributed by atoms with Crippen molar-refractivity contribution in [3.05, 3.63) is 29.6 Å². The highest BCUT2D eigenvalue weighted by molar-refractivity contribution is 5.75. The number of ether oxygens (including phenoxy) is 1. The van der Waals surface area contributed by atoms with Crippen molar-refractivity contribution in [1.29, 1.82) is 0 Å². The van der Waals surface area contributed by atoms with E-state index < -0.39 is 5.82 Å². The fraction of sp³-hybridized carbons (Fsp3) is 0.300. The Morgan fingerprint density at radius 2 is 2.15 bits per heavy atom. The first-order valence-corrected chi connectivity index (χ1v) is 4.20. The maximum absolute atomic E-state index is 12.8. The van der Waals surface area contributed by atoms with Crippen LogP contribution in [0.1, 0.15) is 23.2 Å². The smallest absolute Gasteiger partial charge is 0.150 e. The Kier molecular flexibility index (Phi) is 2.00. The summed E-state index contributed by atoms with van der Waals surface area (Å²) in [7, 11) is 0. The van der Waals surface area contributed by atoms with E-state index >= 15 is 0 Å². The van der Waals surface area contributed by atoms with Gasteiger partial charge in [0.25, 0.3) is 0 Å². The topological polar surface area (TPSA) is 26.3 Å². The number of hydrogen-bond acceptors (Lipinski definition) is 2. The number of hydrogen-bond donors (Lipinski definition) is 0. The van der Waals surface area contributed by atoms with E-state index in [1.807, 2.05) is 0 Å². The molecule has 1 aromatic rings. The van der Waals surface area contributed by atoms with E-state index in [-0.39, 0.29) is 6.10 Å². The van der Waals surface area contributed by atoms with E-state index in [0.717, 1.165) is 12.8 Å². The van der Waals surface area contributed by atoms with E-state index in [4.69, 9.17) is 4.74 Å². The van der Waals surface area contributed by atoms with Crippen LogP contribution in [0.25, 0.3) is 0 Å². The normalized spacial score (nSPS) is 15.5. The Morgan fingerprint density at radius 3 is 2.77 bits per heavy atom. The van der Waals surface area contributed by atoms with Crippen LogP contribution in [0.5, 0.6) is 5.75 Å². The molecule has 1 fully saturated rings. The summed E-state index contributed by atoms with van der Waals surface area (Å²) in [6.07, 6.45) is 2.88. The standard InChI is InChI=1S/C10H9FO2/c11-8-3-7(6-12)4-10(5-8)13-9-1-2-9/h3-6,9H,1-2H2. The van der Waals surface area contributed by atoms with Gasteiger partial charge in [0.2, 0.25) is 0 Å². The minimum atomic E-state index is -0.430. The Labute approximate surface area is 75.3 Å². The molecule has 1 saturated carbocycles. The first-order chi connectivity index (χ1) is 6.28. The molecule has 0 aromatic heterocycles. The van der Waals surface area contributed by atoms with Gasteiger partial charge in [-0.15, -0.1) is 0 Å². The molecule has 1 aliphatic rings. The second-order valence-electron chi connectivity index (χ2n) is 3.16. The van der Waals surface area contributed by atoms with E-state index in [1.165, 1.54) is 12.1 Å². The number of rotatable bonds is 3. The summed E-state index contributed by atoms with van der Waals surface area (Å²) >= 11 is 0. The molecule has 0 radical (unpaired) electrons. The number of aldehydes is 1. The molecule has 0 N–H and O–H groups in total. The first-order valence-electron chi connectivity index (χ1n) is 4.20. The third kappa shape index (κ3) is 2.05. The van der Waals surface area contributed by atoms with Crippen LogP contribution in [-0.4, -0.2) is 12.4 Å². The maximum atomic E-state index is 12.8. The van der Waals surface area contributed by atoms with Gasteiger partial charge in [-0.3, -0.25) is 4.79 Å². The molecule has 0 aliphatic heterocycles. The molecule has 2 rings (SSSR count). The van der Waals surface area contributed by atoms with Crippen LogP contribution in [0.2, 0.25) is 0 Å². The molecule has 0 atom stereocenters. The molecule has 0 heterocycles. The Bertz CT molecular complexity index is 332. The first kappa shape index (κ1) is 8.23. The highest BCUT2D eigenvalue weighted by Crippen LogP contribution is 2.27. The molecule has 3 heteroatoms. The third-order valence-electron chi connectivity index (χ3n) is 1.86. The van der Waals surface area contributed by atoms with E-state index in [0.29, 0.717) is 17.6 Å². The predicted molar refractivity (Wildman–Crippen MR) is 45.4 cm³/mol.